The lowest BCUT2D eigenvalue weighted by Gasteiger charge is -2.44. The van der Waals surface area contributed by atoms with Gasteiger partial charge < -0.3 is 10.2 Å². The lowest BCUT2D eigenvalue weighted by atomic mass is 9.61. The van der Waals surface area contributed by atoms with Crippen molar-refractivity contribution < 1.29 is 10.2 Å². The highest BCUT2D eigenvalue weighted by atomic mass is 16.3. The molecular formula is C28H44O2. The summed E-state index contributed by atoms with van der Waals surface area (Å²) in [6.45, 7) is 15.0. The lowest BCUT2D eigenvalue weighted by molar-refractivity contribution is 0.0436. The zero-order valence-corrected chi connectivity index (χ0v) is 20.0. The molecule has 0 bridgehead atoms. The molecule has 3 aliphatic carbocycles. The summed E-state index contributed by atoms with van der Waals surface area (Å²) in [5, 5.41) is 20.3. The fourth-order valence-electron chi connectivity index (χ4n) is 6.25. The zero-order chi connectivity index (χ0) is 22.1. The van der Waals surface area contributed by atoms with Crippen molar-refractivity contribution in [1.82, 2.24) is 0 Å². The molecule has 0 saturated heterocycles. The van der Waals surface area contributed by atoms with Gasteiger partial charge in [-0.25, -0.2) is 0 Å². The van der Waals surface area contributed by atoms with Crippen molar-refractivity contribution >= 4 is 0 Å². The van der Waals surface area contributed by atoms with E-state index in [1.807, 2.05) is 13.8 Å². The zero-order valence-electron chi connectivity index (χ0n) is 20.0. The molecule has 3 aliphatic rings. The number of aliphatic hydroxyl groups is 2. The van der Waals surface area contributed by atoms with Crippen molar-refractivity contribution in [2.45, 2.75) is 97.7 Å². The summed E-state index contributed by atoms with van der Waals surface area (Å²) in [6.07, 6.45) is 18.0. The molecule has 30 heavy (non-hydrogen) atoms. The molecule has 6 atom stereocenters. The number of hydrogen-bond donors (Lipinski definition) is 2. The fraction of sp³-hybridized carbons (Fsp3) is 0.714. The maximum atomic E-state index is 10.3. The predicted octanol–water partition coefficient (Wildman–Crippen LogP) is 6.76. The first kappa shape index (κ1) is 23.5. The van der Waals surface area contributed by atoms with Gasteiger partial charge in [-0.2, -0.15) is 0 Å². The van der Waals surface area contributed by atoms with E-state index in [-0.39, 0.29) is 12.0 Å². The van der Waals surface area contributed by atoms with E-state index in [2.05, 4.69) is 51.7 Å². The van der Waals surface area contributed by atoms with E-state index in [4.69, 9.17) is 0 Å². The Balaban J connectivity index is 1.75. The van der Waals surface area contributed by atoms with Gasteiger partial charge in [-0.3, -0.25) is 0 Å². The van der Waals surface area contributed by atoms with E-state index >= 15 is 0 Å². The van der Waals surface area contributed by atoms with Gasteiger partial charge in [0.2, 0.25) is 0 Å². The molecule has 0 aromatic carbocycles. The molecule has 0 heterocycles. The highest BCUT2D eigenvalue weighted by Crippen LogP contribution is 2.59. The normalized spacial score (nSPS) is 37.7. The first-order valence-electron chi connectivity index (χ1n) is 12.2. The van der Waals surface area contributed by atoms with E-state index in [0.29, 0.717) is 23.2 Å². The Bertz CT molecular complexity index is 719. The van der Waals surface area contributed by atoms with Crippen molar-refractivity contribution in [3.05, 3.63) is 47.6 Å². The molecule has 0 spiro atoms. The highest BCUT2D eigenvalue weighted by Gasteiger charge is 2.50. The largest absolute Gasteiger partial charge is 0.393 e. The number of rotatable bonds is 5. The minimum atomic E-state index is -0.663. The van der Waals surface area contributed by atoms with Crippen molar-refractivity contribution in [2.24, 2.45) is 29.1 Å². The van der Waals surface area contributed by atoms with Crippen LogP contribution in [0.5, 0.6) is 0 Å². The van der Waals surface area contributed by atoms with Crippen LogP contribution in [-0.2, 0) is 0 Å². The second-order valence-electron chi connectivity index (χ2n) is 11.2. The smallest absolute Gasteiger partial charge is 0.0651 e. The first-order valence-corrected chi connectivity index (χ1v) is 12.2. The molecule has 2 heteroatoms. The van der Waals surface area contributed by atoms with Crippen molar-refractivity contribution in [3.8, 4) is 0 Å². The third-order valence-corrected chi connectivity index (χ3v) is 8.68. The van der Waals surface area contributed by atoms with Gasteiger partial charge in [0.25, 0.3) is 0 Å². The molecule has 1 unspecified atom stereocenters. The molecule has 0 amide bonds. The topological polar surface area (TPSA) is 40.5 Å². The summed E-state index contributed by atoms with van der Waals surface area (Å²) < 4.78 is 0. The van der Waals surface area contributed by atoms with E-state index in [9.17, 15) is 10.2 Å². The minimum Gasteiger partial charge on any atom is -0.393 e. The quantitative estimate of drug-likeness (QED) is 0.490. The van der Waals surface area contributed by atoms with Crippen LogP contribution in [0.25, 0.3) is 0 Å². The van der Waals surface area contributed by atoms with Gasteiger partial charge in [-0.15, -0.1) is 0 Å². The molecule has 168 valence electrons. The summed E-state index contributed by atoms with van der Waals surface area (Å²) in [7, 11) is 0. The van der Waals surface area contributed by atoms with Gasteiger partial charge in [0.1, 0.15) is 0 Å². The average molecular weight is 413 g/mol. The molecule has 0 aliphatic heterocycles. The number of aliphatic hydroxyl groups excluding tert-OH is 1. The van der Waals surface area contributed by atoms with Gasteiger partial charge in [0, 0.05) is 5.92 Å². The highest BCUT2D eigenvalue weighted by molar-refractivity contribution is 5.36. The fourth-order valence-corrected chi connectivity index (χ4v) is 6.25. The van der Waals surface area contributed by atoms with Crippen LogP contribution in [0.4, 0.5) is 0 Å². The van der Waals surface area contributed by atoms with Gasteiger partial charge in [-0.1, -0.05) is 62.8 Å². The SMILES string of the molecule is C=C1CC[C@H](O)C/C1=C\C=C1\CCC[C@@]2(C)C1CC[C@@H]2[C@H](C)/C=C/[C@H](C)C(C)(C)O. The molecule has 3 fully saturated rings. The van der Waals surface area contributed by atoms with Gasteiger partial charge in [0.15, 0.2) is 0 Å². The van der Waals surface area contributed by atoms with Crippen LogP contribution < -0.4 is 0 Å². The van der Waals surface area contributed by atoms with Crippen LogP contribution in [0.15, 0.2) is 47.6 Å². The Morgan fingerprint density at radius 2 is 1.83 bits per heavy atom. The molecule has 2 N–H and O–H groups in total. The summed E-state index contributed by atoms with van der Waals surface area (Å²) in [5.41, 5.74) is 3.78. The Morgan fingerprint density at radius 3 is 2.53 bits per heavy atom. The summed E-state index contributed by atoms with van der Waals surface area (Å²) in [6, 6.07) is 0. The minimum absolute atomic E-state index is 0.164. The van der Waals surface area contributed by atoms with Gasteiger partial charge in [0.05, 0.1) is 11.7 Å². The van der Waals surface area contributed by atoms with Crippen molar-refractivity contribution in [1.29, 1.82) is 0 Å². The number of hydrogen-bond acceptors (Lipinski definition) is 2. The Morgan fingerprint density at radius 1 is 1.10 bits per heavy atom. The number of fused-ring (bicyclic) bond motifs is 1. The molecular weight excluding hydrogens is 368 g/mol. The molecule has 0 aromatic heterocycles. The summed E-state index contributed by atoms with van der Waals surface area (Å²) >= 11 is 0. The van der Waals surface area contributed by atoms with E-state index < -0.39 is 5.60 Å². The summed E-state index contributed by atoms with van der Waals surface area (Å²) in [5.74, 6) is 2.08. The van der Waals surface area contributed by atoms with Crippen LogP contribution in [0.1, 0.15) is 86.0 Å². The molecule has 2 nitrogen and oxygen atoms in total. The molecule has 3 rings (SSSR count). The Labute approximate surface area is 184 Å². The van der Waals surface area contributed by atoms with Crippen molar-refractivity contribution in [3.63, 3.8) is 0 Å². The maximum absolute atomic E-state index is 10.3. The van der Waals surface area contributed by atoms with Crippen molar-refractivity contribution in [2.75, 3.05) is 0 Å². The molecule has 0 radical (unpaired) electrons. The molecule has 3 saturated carbocycles. The van der Waals surface area contributed by atoms with Gasteiger partial charge >= 0.3 is 0 Å². The second kappa shape index (κ2) is 9.17. The summed E-state index contributed by atoms with van der Waals surface area (Å²) in [4.78, 5) is 0. The van der Waals surface area contributed by atoms with Gasteiger partial charge in [-0.05, 0) is 94.0 Å². The second-order valence-corrected chi connectivity index (χ2v) is 11.2. The Hall–Kier alpha value is -1.12. The van der Waals surface area contributed by atoms with E-state index in [1.54, 1.807) is 5.57 Å². The number of allylic oxidation sites excluding steroid dienone is 5. The van der Waals surface area contributed by atoms with Crippen LogP contribution in [0.2, 0.25) is 0 Å². The third-order valence-electron chi connectivity index (χ3n) is 8.68. The lowest BCUT2D eigenvalue weighted by Crippen LogP contribution is -2.35. The third kappa shape index (κ3) is 5.02. The van der Waals surface area contributed by atoms with E-state index in [0.717, 1.165) is 19.3 Å². The molecule has 0 aromatic rings. The van der Waals surface area contributed by atoms with Crippen LogP contribution in [-0.4, -0.2) is 21.9 Å². The average Bonchev–Trinajstić information content (AvgIpc) is 3.03. The maximum Gasteiger partial charge on any atom is 0.0651 e. The van der Waals surface area contributed by atoms with Crippen LogP contribution in [0, 0.1) is 29.1 Å². The first-order chi connectivity index (χ1) is 14.0. The Kier molecular flexibility index (Phi) is 7.19. The predicted molar refractivity (Wildman–Crippen MR) is 127 cm³/mol. The van der Waals surface area contributed by atoms with Crippen LogP contribution in [0.3, 0.4) is 0 Å². The van der Waals surface area contributed by atoms with E-state index in [1.165, 1.54) is 43.3 Å². The van der Waals surface area contributed by atoms with Crippen LogP contribution >= 0.6 is 0 Å². The standard InChI is InChI=1S/C28H44O2/c1-19-10-14-24(29)18-23(19)13-12-22-8-7-17-28(6)25(15-16-26(22)28)20(2)9-11-21(3)27(4,5)30/h9,11-13,20-21,24-26,29-30H,1,7-8,10,14-18H2,2-6H3/b11-9+,22-12-,23-13+/t20-,21+,24+,25-,26?,28-/m1/s1. The monoisotopic (exact) mass is 412 g/mol.